The van der Waals surface area contributed by atoms with Crippen LogP contribution in [0, 0.1) is 0 Å². The second-order valence-electron chi connectivity index (χ2n) is 4.41. The van der Waals surface area contributed by atoms with Crippen LogP contribution in [0.15, 0.2) is 22.7 Å². The van der Waals surface area contributed by atoms with E-state index in [1.54, 1.807) is 7.11 Å². The highest BCUT2D eigenvalue weighted by molar-refractivity contribution is 9.10. The highest BCUT2D eigenvalue weighted by atomic mass is 79.9. The molecule has 0 radical (unpaired) electrons. The molecule has 0 saturated carbocycles. The summed E-state index contributed by atoms with van der Waals surface area (Å²) in [5, 5.41) is 3.47. The van der Waals surface area contributed by atoms with E-state index in [2.05, 4.69) is 40.3 Å². The van der Waals surface area contributed by atoms with Gasteiger partial charge in [-0.25, -0.2) is 0 Å². The molecule has 1 aromatic carbocycles. The number of ether oxygens (including phenoxy) is 3. The van der Waals surface area contributed by atoms with Gasteiger partial charge in [0.05, 0.1) is 37.4 Å². The first kappa shape index (κ1) is 14.8. The first-order valence-electron chi connectivity index (χ1n) is 6.52. The van der Waals surface area contributed by atoms with Gasteiger partial charge in [0.2, 0.25) is 0 Å². The number of benzene rings is 1. The Labute approximate surface area is 122 Å². The SMILES string of the molecule is CCNC(c1ccc(OC)c(Br)c1)C1COCCO1. The normalized spacial score (nSPS) is 21.1. The second-order valence-corrected chi connectivity index (χ2v) is 5.27. The molecule has 0 aliphatic carbocycles. The Morgan fingerprint density at radius 1 is 1.47 bits per heavy atom. The first-order chi connectivity index (χ1) is 9.26. The van der Waals surface area contributed by atoms with Gasteiger partial charge in [-0.05, 0) is 40.2 Å². The highest BCUT2D eigenvalue weighted by Gasteiger charge is 2.26. The maximum atomic E-state index is 5.81. The average molecular weight is 330 g/mol. The Morgan fingerprint density at radius 2 is 2.32 bits per heavy atom. The number of hydrogen-bond donors (Lipinski definition) is 1. The van der Waals surface area contributed by atoms with Crippen LogP contribution in [0.3, 0.4) is 0 Å². The van der Waals surface area contributed by atoms with E-state index < -0.39 is 0 Å². The third-order valence-electron chi connectivity index (χ3n) is 3.17. The molecule has 1 saturated heterocycles. The van der Waals surface area contributed by atoms with Crippen molar-refractivity contribution in [2.24, 2.45) is 0 Å². The van der Waals surface area contributed by atoms with Crippen molar-refractivity contribution in [2.75, 3.05) is 33.5 Å². The standard InChI is InChI=1S/C14H20BrNO3/c1-3-16-14(13-9-18-6-7-19-13)10-4-5-12(17-2)11(15)8-10/h4-5,8,13-14,16H,3,6-7,9H2,1-2H3. The Balaban J connectivity index is 2.19. The smallest absolute Gasteiger partial charge is 0.133 e. The highest BCUT2D eigenvalue weighted by Crippen LogP contribution is 2.30. The zero-order valence-corrected chi connectivity index (χ0v) is 12.9. The summed E-state index contributed by atoms with van der Waals surface area (Å²) in [5.41, 5.74) is 1.17. The van der Waals surface area contributed by atoms with Crippen LogP contribution in [-0.2, 0) is 9.47 Å². The third-order valence-corrected chi connectivity index (χ3v) is 3.79. The Hall–Kier alpha value is -0.620. The molecule has 2 atom stereocenters. The molecular weight excluding hydrogens is 310 g/mol. The molecule has 1 fully saturated rings. The number of halogens is 1. The number of likely N-dealkylation sites (N-methyl/N-ethyl adjacent to an activating group) is 1. The summed E-state index contributed by atoms with van der Waals surface area (Å²) in [6, 6.07) is 6.24. The topological polar surface area (TPSA) is 39.7 Å². The van der Waals surface area contributed by atoms with Gasteiger partial charge >= 0.3 is 0 Å². The van der Waals surface area contributed by atoms with E-state index in [1.165, 1.54) is 5.56 Å². The maximum absolute atomic E-state index is 5.81. The molecule has 0 spiro atoms. The van der Waals surface area contributed by atoms with Gasteiger partial charge in [-0.1, -0.05) is 13.0 Å². The van der Waals surface area contributed by atoms with Crippen molar-refractivity contribution in [3.63, 3.8) is 0 Å². The van der Waals surface area contributed by atoms with Gasteiger partial charge in [-0.3, -0.25) is 0 Å². The molecule has 0 amide bonds. The largest absolute Gasteiger partial charge is 0.496 e. The maximum Gasteiger partial charge on any atom is 0.133 e. The van der Waals surface area contributed by atoms with Crippen molar-refractivity contribution in [3.8, 4) is 5.75 Å². The predicted molar refractivity (Wildman–Crippen MR) is 77.7 cm³/mol. The van der Waals surface area contributed by atoms with E-state index in [9.17, 15) is 0 Å². The van der Waals surface area contributed by atoms with E-state index in [1.807, 2.05) is 6.07 Å². The van der Waals surface area contributed by atoms with Crippen LogP contribution in [0.25, 0.3) is 0 Å². The molecule has 1 aliphatic rings. The molecule has 19 heavy (non-hydrogen) atoms. The van der Waals surface area contributed by atoms with Crippen molar-refractivity contribution in [1.29, 1.82) is 0 Å². The van der Waals surface area contributed by atoms with E-state index in [0.29, 0.717) is 19.8 Å². The molecule has 0 bridgehead atoms. The summed E-state index contributed by atoms with van der Waals surface area (Å²) in [7, 11) is 1.67. The van der Waals surface area contributed by atoms with Crippen LogP contribution < -0.4 is 10.1 Å². The molecule has 1 aromatic rings. The molecule has 1 aliphatic heterocycles. The minimum Gasteiger partial charge on any atom is -0.496 e. The lowest BCUT2D eigenvalue weighted by Crippen LogP contribution is -2.40. The quantitative estimate of drug-likeness (QED) is 0.901. The Morgan fingerprint density at radius 3 is 2.89 bits per heavy atom. The van der Waals surface area contributed by atoms with Gasteiger partial charge in [0, 0.05) is 0 Å². The fourth-order valence-corrected chi connectivity index (χ4v) is 2.82. The average Bonchev–Trinajstić information content (AvgIpc) is 2.45. The summed E-state index contributed by atoms with van der Waals surface area (Å²) in [4.78, 5) is 0. The van der Waals surface area contributed by atoms with Gasteiger partial charge in [0.25, 0.3) is 0 Å². The Kier molecular flexibility index (Phi) is 5.63. The molecule has 5 heteroatoms. The zero-order valence-electron chi connectivity index (χ0n) is 11.3. The van der Waals surface area contributed by atoms with Gasteiger partial charge in [0.1, 0.15) is 11.9 Å². The van der Waals surface area contributed by atoms with E-state index in [4.69, 9.17) is 14.2 Å². The van der Waals surface area contributed by atoms with Crippen LogP contribution in [0.5, 0.6) is 5.75 Å². The first-order valence-corrected chi connectivity index (χ1v) is 7.31. The van der Waals surface area contributed by atoms with E-state index in [0.717, 1.165) is 16.8 Å². The van der Waals surface area contributed by atoms with Gasteiger partial charge in [-0.2, -0.15) is 0 Å². The van der Waals surface area contributed by atoms with Gasteiger partial charge in [-0.15, -0.1) is 0 Å². The summed E-state index contributed by atoms with van der Waals surface area (Å²) in [6.07, 6.45) is 0.0500. The lowest BCUT2D eigenvalue weighted by Gasteiger charge is -2.31. The van der Waals surface area contributed by atoms with Crippen molar-refractivity contribution in [2.45, 2.75) is 19.1 Å². The Bertz CT molecular complexity index is 408. The fraction of sp³-hybridized carbons (Fsp3) is 0.571. The lowest BCUT2D eigenvalue weighted by atomic mass is 10.0. The molecule has 1 heterocycles. The van der Waals surface area contributed by atoms with Crippen molar-refractivity contribution >= 4 is 15.9 Å². The third kappa shape index (κ3) is 3.69. The molecule has 1 N–H and O–H groups in total. The van der Waals surface area contributed by atoms with Crippen LogP contribution in [-0.4, -0.2) is 39.6 Å². The summed E-state index contributed by atoms with van der Waals surface area (Å²) in [5.74, 6) is 0.833. The molecular formula is C14H20BrNO3. The lowest BCUT2D eigenvalue weighted by molar-refractivity contribution is -0.102. The summed E-state index contributed by atoms with van der Waals surface area (Å²) >= 11 is 3.53. The zero-order chi connectivity index (χ0) is 13.7. The van der Waals surface area contributed by atoms with Crippen molar-refractivity contribution in [3.05, 3.63) is 28.2 Å². The van der Waals surface area contributed by atoms with Crippen molar-refractivity contribution in [1.82, 2.24) is 5.32 Å². The molecule has 4 nitrogen and oxygen atoms in total. The molecule has 106 valence electrons. The van der Waals surface area contributed by atoms with Gasteiger partial charge in [0.15, 0.2) is 0 Å². The molecule has 2 rings (SSSR count). The second kappa shape index (κ2) is 7.24. The van der Waals surface area contributed by atoms with E-state index in [-0.39, 0.29) is 12.1 Å². The van der Waals surface area contributed by atoms with Crippen LogP contribution in [0.1, 0.15) is 18.5 Å². The number of methoxy groups -OCH3 is 1. The number of hydrogen-bond acceptors (Lipinski definition) is 4. The summed E-state index contributed by atoms with van der Waals surface area (Å²) in [6.45, 7) is 4.94. The van der Waals surface area contributed by atoms with Crippen LogP contribution in [0.2, 0.25) is 0 Å². The fourth-order valence-electron chi connectivity index (χ4n) is 2.26. The van der Waals surface area contributed by atoms with Crippen LogP contribution in [0.4, 0.5) is 0 Å². The minimum absolute atomic E-state index is 0.0500. The molecule has 0 aromatic heterocycles. The summed E-state index contributed by atoms with van der Waals surface area (Å²) < 4.78 is 17.5. The minimum atomic E-state index is 0.0500. The van der Waals surface area contributed by atoms with E-state index >= 15 is 0 Å². The predicted octanol–water partition coefficient (Wildman–Crippen LogP) is 2.52. The monoisotopic (exact) mass is 329 g/mol. The van der Waals surface area contributed by atoms with Crippen molar-refractivity contribution < 1.29 is 14.2 Å². The van der Waals surface area contributed by atoms with Gasteiger partial charge < -0.3 is 19.5 Å². The molecule has 2 unspecified atom stereocenters. The van der Waals surface area contributed by atoms with Crippen LogP contribution >= 0.6 is 15.9 Å². The number of nitrogens with one attached hydrogen (secondary N) is 1. The number of rotatable bonds is 5.